The van der Waals surface area contributed by atoms with Crippen LogP contribution in [0.1, 0.15) is 52.0 Å². The summed E-state index contributed by atoms with van der Waals surface area (Å²) in [7, 11) is 1.21. The van der Waals surface area contributed by atoms with Crippen molar-refractivity contribution in [3.63, 3.8) is 0 Å². The quantitative estimate of drug-likeness (QED) is 0.179. The highest BCUT2D eigenvalue weighted by Crippen LogP contribution is 2.43. The van der Waals surface area contributed by atoms with Crippen LogP contribution in [0.5, 0.6) is 0 Å². The maximum atomic E-state index is 13.8. The maximum Gasteiger partial charge on any atom is 0.333 e. The number of esters is 3. The standard InChI is InChI=1S/C27H28FNO6/c1-16(2)29-23-9-7-6-8-22(23)26(19-10-12-20(28)13-11-19)27(29)24(35-18(4)31)14-21(34-17(3)30)15-25(32)33-5/h6-13,15-16,24H,14H2,1-5H3. The van der Waals surface area contributed by atoms with Gasteiger partial charge in [-0.05, 0) is 37.6 Å². The van der Waals surface area contributed by atoms with E-state index in [0.29, 0.717) is 5.69 Å². The number of benzene rings is 2. The number of hydrogen-bond donors (Lipinski definition) is 0. The van der Waals surface area contributed by atoms with Gasteiger partial charge in [0.15, 0.2) is 0 Å². The van der Waals surface area contributed by atoms with Gasteiger partial charge in [-0.3, -0.25) is 9.59 Å². The Kier molecular flexibility index (Phi) is 8.06. The summed E-state index contributed by atoms with van der Waals surface area (Å²) in [5.41, 5.74) is 2.99. The number of para-hydroxylation sites is 1. The van der Waals surface area contributed by atoms with E-state index in [0.717, 1.165) is 28.1 Å². The van der Waals surface area contributed by atoms with Crippen molar-refractivity contribution in [2.24, 2.45) is 0 Å². The van der Waals surface area contributed by atoms with E-state index in [2.05, 4.69) is 4.74 Å². The molecule has 0 aliphatic rings. The first kappa shape index (κ1) is 25.7. The van der Waals surface area contributed by atoms with Crippen LogP contribution in [0.15, 0.2) is 60.4 Å². The zero-order valence-electron chi connectivity index (χ0n) is 20.3. The van der Waals surface area contributed by atoms with E-state index in [4.69, 9.17) is 9.47 Å². The van der Waals surface area contributed by atoms with Crippen molar-refractivity contribution in [1.29, 1.82) is 0 Å². The lowest BCUT2D eigenvalue weighted by atomic mass is 9.97. The van der Waals surface area contributed by atoms with E-state index in [1.54, 1.807) is 12.1 Å². The Morgan fingerprint density at radius 3 is 2.23 bits per heavy atom. The van der Waals surface area contributed by atoms with Gasteiger partial charge in [-0.1, -0.05) is 30.3 Å². The molecule has 1 atom stereocenters. The van der Waals surface area contributed by atoms with Gasteiger partial charge in [0.05, 0.1) is 18.9 Å². The van der Waals surface area contributed by atoms with Gasteiger partial charge in [0, 0.05) is 42.8 Å². The SMILES string of the molecule is COC(=O)C=C(CC(OC(C)=O)c1c(-c2ccc(F)cc2)c2ccccc2n1C(C)C)OC(C)=O. The summed E-state index contributed by atoms with van der Waals surface area (Å²) < 4.78 is 31.5. The average molecular weight is 482 g/mol. The van der Waals surface area contributed by atoms with E-state index < -0.39 is 24.0 Å². The zero-order valence-corrected chi connectivity index (χ0v) is 20.3. The molecule has 0 bridgehead atoms. The number of halogens is 1. The van der Waals surface area contributed by atoms with Crippen LogP contribution in [-0.4, -0.2) is 29.6 Å². The molecule has 1 unspecified atom stereocenters. The Bertz CT molecular complexity index is 1270. The molecule has 0 spiro atoms. The van der Waals surface area contributed by atoms with Crippen molar-refractivity contribution in [3.8, 4) is 11.1 Å². The fraction of sp³-hybridized carbons (Fsp3) is 0.296. The van der Waals surface area contributed by atoms with Crippen LogP contribution in [0, 0.1) is 5.82 Å². The number of fused-ring (bicyclic) bond motifs is 1. The zero-order chi connectivity index (χ0) is 25.7. The molecule has 0 aliphatic carbocycles. The highest BCUT2D eigenvalue weighted by molar-refractivity contribution is 5.98. The third-order valence-corrected chi connectivity index (χ3v) is 5.35. The van der Waals surface area contributed by atoms with Gasteiger partial charge in [-0.25, -0.2) is 9.18 Å². The van der Waals surface area contributed by atoms with E-state index in [9.17, 15) is 18.8 Å². The van der Waals surface area contributed by atoms with Gasteiger partial charge in [-0.15, -0.1) is 0 Å². The first-order chi connectivity index (χ1) is 16.6. The molecular formula is C27H28FNO6. The van der Waals surface area contributed by atoms with Crippen molar-refractivity contribution in [3.05, 3.63) is 71.9 Å². The van der Waals surface area contributed by atoms with E-state index in [1.807, 2.05) is 42.7 Å². The third-order valence-electron chi connectivity index (χ3n) is 5.35. The summed E-state index contributed by atoms with van der Waals surface area (Å²) in [4.78, 5) is 35.9. The fourth-order valence-electron chi connectivity index (χ4n) is 4.16. The predicted octanol–water partition coefficient (Wildman–Crippen LogP) is 5.64. The molecule has 0 amide bonds. The topological polar surface area (TPSA) is 83.8 Å². The van der Waals surface area contributed by atoms with Gasteiger partial charge in [0.25, 0.3) is 0 Å². The van der Waals surface area contributed by atoms with Gasteiger partial charge in [0.1, 0.15) is 17.7 Å². The van der Waals surface area contributed by atoms with Crippen molar-refractivity contribution in [2.45, 2.75) is 46.3 Å². The molecule has 0 N–H and O–H groups in total. The Morgan fingerprint density at radius 1 is 1.00 bits per heavy atom. The van der Waals surface area contributed by atoms with Gasteiger partial charge >= 0.3 is 17.9 Å². The molecular weight excluding hydrogens is 453 g/mol. The molecule has 35 heavy (non-hydrogen) atoms. The number of aromatic nitrogens is 1. The van der Waals surface area contributed by atoms with Crippen molar-refractivity contribution >= 4 is 28.8 Å². The minimum atomic E-state index is -0.933. The van der Waals surface area contributed by atoms with Crippen LogP contribution < -0.4 is 0 Å². The van der Waals surface area contributed by atoms with Crippen LogP contribution in [0.3, 0.4) is 0 Å². The molecule has 1 heterocycles. The summed E-state index contributed by atoms with van der Waals surface area (Å²) in [5, 5.41) is 0.881. The number of hydrogen-bond acceptors (Lipinski definition) is 6. The molecule has 0 aliphatic heterocycles. The molecule has 1 aromatic heterocycles. The van der Waals surface area contributed by atoms with Crippen LogP contribution >= 0.6 is 0 Å². The molecule has 3 rings (SSSR count). The van der Waals surface area contributed by atoms with E-state index in [-0.39, 0.29) is 24.0 Å². The molecule has 2 aromatic carbocycles. The minimum absolute atomic E-state index is 0.0128. The van der Waals surface area contributed by atoms with Crippen LogP contribution in [0.4, 0.5) is 4.39 Å². The number of ether oxygens (including phenoxy) is 3. The molecule has 0 fully saturated rings. The summed E-state index contributed by atoms with van der Waals surface area (Å²) in [6.45, 7) is 6.47. The van der Waals surface area contributed by atoms with E-state index in [1.165, 1.54) is 33.1 Å². The van der Waals surface area contributed by atoms with Crippen LogP contribution in [0.2, 0.25) is 0 Å². The lowest BCUT2D eigenvalue weighted by Crippen LogP contribution is -2.18. The summed E-state index contributed by atoms with van der Waals surface area (Å²) >= 11 is 0. The lowest BCUT2D eigenvalue weighted by Gasteiger charge is -2.24. The maximum absolute atomic E-state index is 13.8. The minimum Gasteiger partial charge on any atom is -0.466 e. The van der Waals surface area contributed by atoms with Gasteiger partial charge < -0.3 is 18.8 Å². The second-order valence-electron chi connectivity index (χ2n) is 8.28. The Labute approximate surface area is 203 Å². The van der Waals surface area contributed by atoms with Crippen molar-refractivity contribution < 1.29 is 33.0 Å². The molecule has 184 valence electrons. The number of rotatable bonds is 8. The summed E-state index contributed by atoms with van der Waals surface area (Å²) in [6, 6.07) is 13.7. The van der Waals surface area contributed by atoms with Crippen LogP contribution in [-0.2, 0) is 28.6 Å². The fourth-order valence-corrected chi connectivity index (χ4v) is 4.16. The third kappa shape index (κ3) is 5.95. The molecule has 0 saturated heterocycles. The number of nitrogens with zero attached hydrogens (tertiary/aromatic N) is 1. The largest absolute Gasteiger partial charge is 0.466 e. The van der Waals surface area contributed by atoms with E-state index >= 15 is 0 Å². The smallest absolute Gasteiger partial charge is 0.333 e. The number of methoxy groups -OCH3 is 1. The van der Waals surface area contributed by atoms with Gasteiger partial charge in [0.2, 0.25) is 0 Å². The first-order valence-corrected chi connectivity index (χ1v) is 11.1. The molecule has 7 nitrogen and oxygen atoms in total. The highest BCUT2D eigenvalue weighted by atomic mass is 19.1. The Balaban J connectivity index is 2.32. The molecule has 0 radical (unpaired) electrons. The average Bonchev–Trinajstić information content (AvgIpc) is 3.13. The molecule has 0 saturated carbocycles. The number of carbonyl (C=O) groups is 3. The number of carbonyl (C=O) groups excluding carboxylic acids is 3. The lowest BCUT2D eigenvalue weighted by molar-refractivity contribution is -0.147. The van der Waals surface area contributed by atoms with Crippen molar-refractivity contribution in [1.82, 2.24) is 4.57 Å². The summed E-state index contributed by atoms with van der Waals surface area (Å²) in [5.74, 6) is -2.30. The first-order valence-electron chi connectivity index (χ1n) is 11.1. The Hall–Kier alpha value is -3.94. The molecule has 3 aromatic rings. The second-order valence-corrected chi connectivity index (χ2v) is 8.28. The monoisotopic (exact) mass is 481 g/mol. The highest BCUT2D eigenvalue weighted by Gasteiger charge is 2.30. The predicted molar refractivity (Wildman–Crippen MR) is 129 cm³/mol. The molecule has 8 heteroatoms. The van der Waals surface area contributed by atoms with Crippen LogP contribution in [0.25, 0.3) is 22.0 Å². The summed E-state index contributed by atoms with van der Waals surface area (Å²) in [6.07, 6.45) is 0.0150. The normalized spacial score (nSPS) is 12.5. The van der Waals surface area contributed by atoms with Crippen molar-refractivity contribution in [2.75, 3.05) is 7.11 Å². The Morgan fingerprint density at radius 2 is 1.66 bits per heavy atom. The van der Waals surface area contributed by atoms with Gasteiger partial charge in [-0.2, -0.15) is 0 Å². The second kappa shape index (κ2) is 11.0.